The summed E-state index contributed by atoms with van der Waals surface area (Å²) >= 11 is 1.67. The van der Waals surface area contributed by atoms with Gasteiger partial charge in [-0.05, 0) is 62.8 Å². The lowest BCUT2D eigenvalue weighted by Crippen LogP contribution is -2.50. The fraction of sp³-hybridized carbons (Fsp3) is 0.205. The van der Waals surface area contributed by atoms with E-state index in [0.29, 0.717) is 26.1 Å². The highest BCUT2D eigenvalue weighted by Gasteiger charge is 2.30. The molecule has 0 bridgehead atoms. The van der Waals surface area contributed by atoms with Gasteiger partial charge in [-0.15, -0.1) is 0 Å². The van der Waals surface area contributed by atoms with Crippen molar-refractivity contribution in [3.8, 4) is 0 Å². The van der Waals surface area contributed by atoms with Gasteiger partial charge in [0.1, 0.15) is 5.82 Å². The molecule has 6 aromatic rings. The van der Waals surface area contributed by atoms with Crippen molar-refractivity contribution in [3.05, 3.63) is 166 Å². The summed E-state index contributed by atoms with van der Waals surface area (Å²) in [5, 5.41) is 5.42. The van der Waals surface area contributed by atoms with Crippen molar-refractivity contribution < 1.29 is 9.18 Å². The van der Waals surface area contributed by atoms with Gasteiger partial charge in [0.2, 0.25) is 5.91 Å². The summed E-state index contributed by atoms with van der Waals surface area (Å²) in [6.07, 6.45) is 2.62. The number of halogens is 1. The topological polar surface area (TPSA) is 28.5 Å². The molecule has 226 valence electrons. The van der Waals surface area contributed by atoms with Gasteiger partial charge < -0.3 is 9.47 Å². The molecule has 1 aliphatic heterocycles. The monoisotopic (exact) mass is 613 g/mol. The highest BCUT2D eigenvalue weighted by Crippen LogP contribution is 2.37. The number of aromatic nitrogens is 1. The largest absolute Gasteiger partial charge is 0.343 e. The van der Waals surface area contributed by atoms with Crippen molar-refractivity contribution in [2.24, 2.45) is 0 Å². The standard InChI is InChI=1S/C39H36FN3OS/c40-33-17-15-29(16-18-33)26-43-27-36(34-13-7-8-14-37(34)43)35(32-19-24-45-28-32)25-38(44)41-20-22-42(23-21-41)39(30-9-3-1-4-10-30)31-11-5-2-6-12-31/h1-19,24,27-28,35,39H,20-23,25-26H2. The van der Waals surface area contributed by atoms with E-state index in [2.05, 4.69) is 122 Å². The molecule has 1 unspecified atom stereocenters. The molecule has 0 spiro atoms. The Morgan fingerprint density at radius 1 is 0.733 bits per heavy atom. The van der Waals surface area contributed by atoms with E-state index in [-0.39, 0.29) is 23.7 Å². The summed E-state index contributed by atoms with van der Waals surface area (Å²) < 4.78 is 15.8. The zero-order valence-corrected chi connectivity index (χ0v) is 26.0. The van der Waals surface area contributed by atoms with Crippen LogP contribution in [-0.2, 0) is 11.3 Å². The van der Waals surface area contributed by atoms with Crippen LogP contribution >= 0.6 is 11.3 Å². The average molecular weight is 614 g/mol. The molecule has 1 aliphatic rings. The maximum atomic E-state index is 14.0. The van der Waals surface area contributed by atoms with Crippen LogP contribution in [0.25, 0.3) is 10.9 Å². The summed E-state index contributed by atoms with van der Waals surface area (Å²) in [5.41, 5.74) is 7.03. The van der Waals surface area contributed by atoms with Gasteiger partial charge in [-0.25, -0.2) is 4.39 Å². The predicted molar refractivity (Wildman–Crippen MR) is 181 cm³/mol. The van der Waals surface area contributed by atoms with Crippen LogP contribution in [0.1, 0.15) is 46.2 Å². The molecule has 2 aromatic heterocycles. The minimum atomic E-state index is -0.232. The number of para-hydroxylation sites is 1. The number of nitrogens with zero attached hydrogens (tertiary/aromatic N) is 3. The van der Waals surface area contributed by atoms with Crippen LogP contribution in [0.4, 0.5) is 4.39 Å². The number of carbonyl (C=O) groups is 1. The molecule has 1 fully saturated rings. The molecule has 0 radical (unpaired) electrons. The Balaban J connectivity index is 1.12. The van der Waals surface area contributed by atoms with Crippen LogP contribution in [0.2, 0.25) is 0 Å². The molecule has 6 heteroatoms. The first-order valence-electron chi connectivity index (χ1n) is 15.6. The first-order chi connectivity index (χ1) is 22.1. The molecule has 1 saturated heterocycles. The minimum absolute atomic E-state index is 0.0532. The van der Waals surface area contributed by atoms with Crippen molar-refractivity contribution in [2.75, 3.05) is 26.2 Å². The molecule has 0 N–H and O–H groups in total. The molecule has 45 heavy (non-hydrogen) atoms. The van der Waals surface area contributed by atoms with Crippen LogP contribution in [0.5, 0.6) is 0 Å². The minimum Gasteiger partial charge on any atom is -0.343 e. The molecule has 1 atom stereocenters. The summed E-state index contributed by atoms with van der Waals surface area (Å²) in [6, 6.07) is 38.7. The van der Waals surface area contributed by atoms with E-state index in [1.807, 2.05) is 12.1 Å². The zero-order valence-electron chi connectivity index (χ0n) is 25.1. The molecule has 4 aromatic carbocycles. The number of hydrogen-bond donors (Lipinski definition) is 0. The fourth-order valence-corrected chi connectivity index (χ4v) is 7.48. The number of carbonyl (C=O) groups excluding carboxylic acids is 1. The lowest BCUT2D eigenvalue weighted by Gasteiger charge is -2.40. The number of piperazine rings is 1. The average Bonchev–Trinajstić information content (AvgIpc) is 3.75. The van der Waals surface area contributed by atoms with Gasteiger partial charge in [-0.3, -0.25) is 9.69 Å². The predicted octanol–water partition coefficient (Wildman–Crippen LogP) is 8.35. The Hall–Kier alpha value is -4.52. The Labute approximate surface area is 268 Å². The Morgan fingerprint density at radius 2 is 1.38 bits per heavy atom. The van der Waals surface area contributed by atoms with Crippen LogP contribution in [0, 0.1) is 5.82 Å². The third kappa shape index (κ3) is 6.35. The summed E-state index contributed by atoms with van der Waals surface area (Å²) in [6.45, 7) is 3.69. The van der Waals surface area contributed by atoms with Crippen molar-refractivity contribution in [1.82, 2.24) is 14.4 Å². The van der Waals surface area contributed by atoms with Gasteiger partial charge in [-0.2, -0.15) is 11.3 Å². The first kappa shape index (κ1) is 29.2. The summed E-state index contributed by atoms with van der Waals surface area (Å²) in [4.78, 5) is 18.6. The van der Waals surface area contributed by atoms with E-state index >= 15 is 0 Å². The van der Waals surface area contributed by atoms with Crippen LogP contribution in [0.15, 0.2) is 132 Å². The quantitative estimate of drug-likeness (QED) is 0.164. The van der Waals surface area contributed by atoms with Gasteiger partial charge in [0.05, 0.1) is 6.04 Å². The Kier molecular flexibility index (Phi) is 8.58. The SMILES string of the molecule is O=C(CC(c1ccsc1)c1cn(Cc2ccc(F)cc2)c2ccccc12)N1CCN(C(c2ccccc2)c2ccccc2)CC1. The maximum absolute atomic E-state index is 14.0. The second-order valence-electron chi connectivity index (χ2n) is 11.8. The van der Waals surface area contributed by atoms with Gasteiger partial charge in [-0.1, -0.05) is 91.0 Å². The fourth-order valence-electron chi connectivity index (χ4n) is 6.77. The third-order valence-corrected chi connectivity index (χ3v) is 9.75. The molecular formula is C39H36FN3OS. The molecule has 1 amide bonds. The highest BCUT2D eigenvalue weighted by atomic mass is 32.1. The van der Waals surface area contributed by atoms with E-state index in [9.17, 15) is 9.18 Å². The van der Waals surface area contributed by atoms with Crippen molar-refractivity contribution >= 4 is 28.1 Å². The molecule has 0 saturated carbocycles. The lowest BCUT2D eigenvalue weighted by atomic mass is 9.89. The van der Waals surface area contributed by atoms with E-state index in [1.54, 1.807) is 11.3 Å². The van der Waals surface area contributed by atoms with Crippen molar-refractivity contribution in [1.29, 1.82) is 0 Å². The number of rotatable bonds is 9. The van der Waals surface area contributed by atoms with E-state index in [4.69, 9.17) is 0 Å². The second-order valence-corrected chi connectivity index (χ2v) is 12.6. The second kappa shape index (κ2) is 13.2. The van der Waals surface area contributed by atoms with Crippen molar-refractivity contribution in [3.63, 3.8) is 0 Å². The molecule has 0 aliphatic carbocycles. The number of fused-ring (bicyclic) bond motifs is 1. The molecule has 4 nitrogen and oxygen atoms in total. The van der Waals surface area contributed by atoms with Crippen molar-refractivity contribution in [2.45, 2.75) is 24.9 Å². The van der Waals surface area contributed by atoms with E-state index in [1.165, 1.54) is 28.8 Å². The molecular weight excluding hydrogens is 578 g/mol. The van der Waals surface area contributed by atoms with Gasteiger partial charge in [0, 0.05) is 62.2 Å². The summed E-state index contributed by atoms with van der Waals surface area (Å²) in [5.74, 6) is -0.0935. The first-order valence-corrected chi connectivity index (χ1v) is 16.5. The Bertz CT molecular complexity index is 1800. The number of thiophene rings is 1. The normalized spacial score (nSPS) is 14.7. The molecule has 3 heterocycles. The third-order valence-electron chi connectivity index (χ3n) is 9.05. The van der Waals surface area contributed by atoms with Crippen LogP contribution in [0.3, 0.4) is 0 Å². The Morgan fingerprint density at radius 3 is 2.02 bits per heavy atom. The number of hydrogen-bond acceptors (Lipinski definition) is 3. The highest BCUT2D eigenvalue weighted by molar-refractivity contribution is 7.08. The summed E-state index contributed by atoms with van der Waals surface area (Å²) in [7, 11) is 0. The van der Waals surface area contributed by atoms with Gasteiger partial charge in [0.15, 0.2) is 0 Å². The zero-order chi connectivity index (χ0) is 30.6. The molecule has 7 rings (SSSR count). The van der Waals surface area contributed by atoms with Crippen LogP contribution < -0.4 is 0 Å². The van der Waals surface area contributed by atoms with Gasteiger partial charge in [0.25, 0.3) is 0 Å². The van der Waals surface area contributed by atoms with E-state index in [0.717, 1.165) is 35.1 Å². The number of amides is 1. The van der Waals surface area contributed by atoms with Gasteiger partial charge >= 0.3 is 0 Å². The van der Waals surface area contributed by atoms with E-state index < -0.39 is 0 Å². The smallest absolute Gasteiger partial charge is 0.223 e. The lowest BCUT2D eigenvalue weighted by molar-refractivity contribution is -0.133. The maximum Gasteiger partial charge on any atom is 0.223 e. The van der Waals surface area contributed by atoms with Crippen LogP contribution in [-0.4, -0.2) is 46.5 Å². The number of benzene rings is 4.